The van der Waals surface area contributed by atoms with Crippen LogP contribution in [0.1, 0.15) is 39.5 Å². The van der Waals surface area contributed by atoms with E-state index in [-0.39, 0.29) is 12.6 Å². The number of nitrogens with one attached hydrogen (secondary N) is 1. The van der Waals surface area contributed by atoms with Gasteiger partial charge in [0, 0.05) is 26.2 Å². The second-order valence-electron chi connectivity index (χ2n) is 4.98. The van der Waals surface area contributed by atoms with Crippen LogP contribution < -0.4 is 5.32 Å². The molecule has 4 heteroatoms. The molecule has 0 aromatic rings. The number of aliphatic hydroxyl groups is 1. The second kappa shape index (κ2) is 7.54. The molecule has 1 aliphatic heterocycles. The van der Waals surface area contributed by atoms with Crippen molar-refractivity contribution in [2.45, 2.75) is 39.5 Å². The lowest BCUT2D eigenvalue weighted by atomic mass is 9.98. The average Bonchev–Trinajstić information content (AvgIpc) is 2.39. The molecular formula is C13H26N2O2. The maximum atomic E-state index is 11.9. The fraction of sp³-hybridized carbons (Fsp3) is 0.923. The topological polar surface area (TPSA) is 52.6 Å². The van der Waals surface area contributed by atoms with E-state index < -0.39 is 0 Å². The number of carbonyl (C=O) groups is 1. The number of aliphatic hydroxyl groups excluding tert-OH is 1. The van der Waals surface area contributed by atoms with Crippen LogP contribution in [-0.2, 0) is 0 Å². The lowest BCUT2D eigenvalue weighted by molar-refractivity contribution is 0.136. The zero-order valence-electron chi connectivity index (χ0n) is 11.1. The summed E-state index contributed by atoms with van der Waals surface area (Å²) in [6, 6.07) is 0.0632. The van der Waals surface area contributed by atoms with E-state index >= 15 is 0 Å². The van der Waals surface area contributed by atoms with Crippen LogP contribution in [0.2, 0.25) is 0 Å². The van der Waals surface area contributed by atoms with Gasteiger partial charge in [-0.05, 0) is 24.7 Å². The lowest BCUT2D eigenvalue weighted by Gasteiger charge is -2.31. The Kier molecular flexibility index (Phi) is 6.34. The van der Waals surface area contributed by atoms with E-state index in [0.29, 0.717) is 11.8 Å². The van der Waals surface area contributed by atoms with Crippen LogP contribution in [0.3, 0.4) is 0 Å². The number of hydrogen-bond acceptors (Lipinski definition) is 2. The van der Waals surface area contributed by atoms with Gasteiger partial charge in [0.15, 0.2) is 0 Å². The summed E-state index contributed by atoms with van der Waals surface area (Å²) in [6.07, 6.45) is 4.08. The van der Waals surface area contributed by atoms with E-state index in [2.05, 4.69) is 19.2 Å². The Labute approximate surface area is 104 Å². The van der Waals surface area contributed by atoms with Gasteiger partial charge in [-0.1, -0.05) is 26.7 Å². The molecular weight excluding hydrogens is 216 g/mol. The molecule has 0 radical (unpaired) electrons. The first kappa shape index (κ1) is 14.3. The zero-order valence-corrected chi connectivity index (χ0v) is 11.1. The Hall–Kier alpha value is -0.770. The van der Waals surface area contributed by atoms with Crippen molar-refractivity contribution in [1.29, 1.82) is 0 Å². The quantitative estimate of drug-likeness (QED) is 0.773. The van der Waals surface area contributed by atoms with Crippen molar-refractivity contribution in [3.05, 3.63) is 0 Å². The van der Waals surface area contributed by atoms with E-state index in [4.69, 9.17) is 5.11 Å². The van der Waals surface area contributed by atoms with Gasteiger partial charge in [-0.2, -0.15) is 0 Å². The molecule has 0 bridgehead atoms. The van der Waals surface area contributed by atoms with Gasteiger partial charge < -0.3 is 15.3 Å². The molecule has 2 amide bonds. The first-order valence-electron chi connectivity index (χ1n) is 6.84. The van der Waals surface area contributed by atoms with Crippen LogP contribution in [-0.4, -0.2) is 42.3 Å². The summed E-state index contributed by atoms with van der Waals surface area (Å²) in [6.45, 7) is 6.91. The number of piperidine rings is 1. The molecule has 1 fully saturated rings. The molecule has 0 aromatic heterocycles. The van der Waals surface area contributed by atoms with Gasteiger partial charge in [-0.3, -0.25) is 0 Å². The number of likely N-dealkylation sites (tertiary alicyclic amines) is 1. The third kappa shape index (κ3) is 4.54. The smallest absolute Gasteiger partial charge is 0.317 e. The Morgan fingerprint density at radius 1 is 1.35 bits per heavy atom. The van der Waals surface area contributed by atoms with E-state index in [1.165, 1.54) is 0 Å². The monoisotopic (exact) mass is 242 g/mol. The fourth-order valence-electron chi connectivity index (χ4n) is 2.24. The molecule has 0 spiro atoms. The molecule has 0 aliphatic carbocycles. The van der Waals surface area contributed by atoms with Gasteiger partial charge >= 0.3 is 6.03 Å². The maximum Gasteiger partial charge on any atom is 0.317 e. The number of rotatable bonds is 5. The number of nitrogens with zero attached hydrogens (tertiary/aromatic N) is 1. The molecule has 17 heavy (non-hydrogen) atoms. The lowest BCUT2D eigenvalue weighted by Crippen LogP contribution is -2.46. The number of amides is 2. The number of urea groups is 1. The van der Waals surface area contributed by atoms with E-state index in [1.807, 2.05) is 4.90 Å². The summed E-state index contributed by atoms with van der Waals surface area (Å²) in [4.78, 5) is 13.8. The Morgan fingerprint density at radius 2 is 1.94 bits per heavy atom. The summed E-state index contributed by atoms with van der Waals surface area (Å²) in [5.41, 5.74) is 0. The van der Waals surface area contributed by atoms with Crippen LogP contribution in [0.5, 0.6) is 0 Å². The predicted molar refractivity (Wildman–Crippen MR) is 68.9 cm³/mol. The van der Waals surface area contributed by atoms with Crippen LogP contribution in [0.4, 0.5) is 4.79 Å². The van der Waals surface area contributed by atoms with Gasteiger partial charge in [0.25, 0.3) is 0 Å². The largest absolute Gasteiger partial charge is 0.396 e. The van der Waals surface area contributed by atoms with Crippen molar-refractivity contribution in [3.8, 4) is 0 Å². The van der Waals surface area contributed by atoms with Gasteiger partial charge in [-0.15, -0.1) is 0 Å². The third-order valence-electron chi connectivity index (χ3n) is 3.86. The third-order valence-corrected chi connectivity index (χ3v) is 3.86. The molecule has 2 N–H and O–H groups in total. The van der Waals surface area contributed by atoms with Crippen molar-refractivity contribution < 1.29 is 9.90 Å². The zero-order chi connectivity index (χ0) is 12.7. The van der Waals surface area contributed by atoms with Crippen molar-refractivity contribution in [2.75, 3.05) is 26.2 Å². The first-order chi connectivity index (χ1) is 8.21. The molecule has 100 valence electrons. The molecule has 1 rings (SSSR count). The van der Waals surface area contributed by atoms with Crippen LogP contribution in [0, 0.1) is 11.8 Å². The van der Waals surface area contributed by atoms with Gasteiger partial charge in [0.2, 0.25) is 0 Å². The van der Waals surface area contributed by atoms with Gasteiger partial charge in [0.05, 0.1) is 0 Å². The van der Waals surface area contributed by atoms with Crippen molar-refractivity contribution in [3.63, 3.8) is 0 Å². The highest BCUT2D eigenvalue weighted by atomic mass is 16.3. The van der Waals surface area contributed by atoms with Crippen molar-refractivity contribution in [2.24, 2.45) is 11.8 Å². The predicted octanol–water partition coefficient (Wildman–Crippen LogP) is 1.84. The van der Waals surface area contributed by atoms with Crippen molar-refractivity contribution in [1.82, 2.24) is 10.2 Å². The molecule has 0 saturated carbocycles. The summed E-state index contributed by atoms with van der Waals surface area (Å²) >= 11 is 0. The number of hydrogen-bond donors (Lipinski definition) is 2. The highest BCUT2D eigenvalue weighted by Gasteiger charge is 2.22. The van der Waals surface area contributed by atoms with Crippen molar-refractivity contribution >= 4 is 6.03 Å². The van der Waals surface area contributed by atoms with Gasteiger partial charge in [-0.25, -0.2) is 4.79 Å². The van der Waals surface area contributed by atoms with Crippen LogP contribution in [0.25, 0.3) is 0 Å². The molecule has 0 atom stereocenters. The molecule has 1 heterocycles. The summed E-state index contributed by atoms with van der Waals surface area (Å²) in [5, 5.41) is 12.0. The van der Waals surface area contributed by atoms with E-state index in [1.54, 1.807) is 0 Å². The SMILES string of the molecule is CCC(CC)CNC(=O)N1CCC(CO)CC1. The Morgan fingerprint density at radius 3 is 2.41 bits per heavy atom. The molecule has 1 saturated heterocycles. The second-order valence-corrected chi connectivity index (χ2v) is 4.98. The minimum absolute atomic E-state index is 0.0632. The van der Waals surface area contributed by atoms with E-state index in [0.717, 1.165) is 45.3 Å². The standard InChI is InChI=1S/C13H26N2O2/c1-3-11(4-2)9-14-13(17)15-7-5-12(10-16)6-8-15/h11-12,16H,3-10H2,1-2H3,(H,14,17). The van der Waals surface area contributed by atoms with E-state index in [9.17, 15) is 4.79 Å². The molecule has 0 aromatic carbocycles. The Bertz CT molecular complexity index is 221. The summed E-state index contributed by atoms with van der Waals surface area (Å²) < 4.78 is 0. The first-order valence-corrected chi connectivity index (χ1v) is 6.84. The normalized spacial score (nSPS) is 17.5. The summed E-state index contributed by atoms with van der Waals surface area (Å²) in [5.74, 6) is 0.979. The highest BCUT2D eigenvalue weighted by Crippen LogP contribution is 2.16. The summed E-state index contributed by atoms with van der Waals surface area (Å²) in [7, 11) is 0. The fourth-order valence-corrected chi connectivity index (χ4v) is 2.24. The minimum Gasteiger partial charge on any atom is -0.396 e. The molecule has 4 nitrogen and oxygen atoms in total. The van der Waals surface area contributed by atoms with Crippen LogP contribution in [0.15, 0.2) is 0 Å². The Balaban J connectivity index is 2.24. The molecule has 1 aliphatic rings. The highest BCUT2D eigenvalue weighted by molar-refractivity contribution is 5.74. The van der Waals surface area contributed by atoms with Gasteiger partial charge in [0.1, 0.15) is 0 Å². The minimum atomic E-state index is 0.0632. The maximum absolute atomic E-state index is 11.9. The average molecular weight is 242 g/mol. The molecule has 0 unspecified atom stereocenters. The van der Waals surface area contributed by atoms with Crippen LogP contribution >= 0.6 is 0 Å². The number of carbonyl (C=O) groups excluding carboxylic acids is 1.